The Kier molecular flexibility index (Phi) is 10.1. The summed E-state index contributed by atoms with van der Waals surface area (Å²) in [6.07, 6.45) is 2.91. The van der Waals surface area contributed by atoms with E-state index < -0.39 is 0 Å². The third-order valence-electron chi connectivity index (χ3n) is 3.07. The highest BCUT2D eigenvalue weighted by Gasteiger charge is 2.19. The van der Waals surface area contributed by atoms with E-state index in [4.69, 9.17) is 10.2 Å². The maximum Gasteiger partial charge on any atom is 0.289 e. The van der Waals surface area contributed by atoms with Crippen LogP contribution in [0.15, 0.2) is 21.2 Å². The third-order valence-corrected chi connectivity index (χ3v) is 3.49. The second kappa shape index (κ2) is 10.6. The van der Waals surface area contributed by atoms with Crippen molar-refractivity contribution in [2.75, 3.05) is 20.1 Å². The standard InChI is InChI=1S/C14H22BrN3O3.ClH/c1-3-4-5-10(8-16)17-13(19)9-18(2)14(20)11-6-7-12(15)21-11;/h6-7,10H,3-5,8-9,16H2,1-2H3,(H,17,19);1H. The molecule has 0 fully saturated rings. The zero-order valence-corrected chi connectivity index (χ0v) is 15.2. The maximum absolute atomic E-state index is 12.0. The van der Waals surface area contributed by atoms with E-state index in [1.165, 1.54) is 4.90 Å². The number of furan rings is 1. The highest BCUT2D eigenvalue weighted by Crippen LogP contribution is 2.15. The summed E-state index contributed by atoms with van der Waals surface area (Å²) in [5, 5.41) is 2.85. The second-order valence-corrected chi connectivity index (χ2v) is 5.69. The zero-order valence-electron chi connectivity index (χ0n) is 12.8. The zero-order chi connectivity index (χ0) is 15.8. The first-order valence-electron chi connectivity index (χ1n) is 6.98. The topological polar surface area (TPSA) is 88.6 Å². The van der Waals surface area contributed by atoms with Crippen molar-refractivity contribution in [3.8, 4) is 0 Å². The average Bonchev–Trinajstić information content (AvgIpc) is 2.88. The van der Waals surface area contributed by atoms with Crippen molar-refractivity contribution in [3.63, 3.8) is 0 Å². The first-order chi connectivity index (χ1) is 9.97. The van der Waals surface area contributed by atoms with Crippen LogP contribution in [0.3, 0.4) is 0 Å². The van der Waals surface area contributed by atoms with Crippen LogP contribution in [0, 0.1) is 0 Å². The fourth-order valence-electron chi connectivity index (χ4n) is 1.88. The van der Waals surface area contributed by atoms with Crippen LogP contribution in [-0.4, -0.2) is 42.9 Å². The molecule has 1 aromatic heterocycles. The molecule has 126 valence electrons. The molecule has 0 aliphatic rings. The van der Waals surface area contributed by atoms with Crippen LogP contribution in [0.2, 0.25) is 0 Å². The predicted molar refractivity (Wildman–Crippen MR) is 91.1 cm³/mol. The van der Waals surface area contributed by atoms with Crippen LogP contribution in [-0.2, 0) is 4.79 Å². The molecule has 0 saturated heterocycles. The van der Waals surface area contributed by atoms with Gasteiger partial charge in [0.15, 0.2) is 10.4 Å². The number of likely N-dealkylation sites (N-methyl/N-ethyl adjacent to an activating group) is 1. The fourth-order valence-corrected chi connectivity index (χ4v) is 2.18. The molecule has 8 heteroatoms. The fraction of sp³-hybridized carbons (Fsp3) is 0.571. The molecular formula is C14H23BrClN3O3. The molecule has 6 nitrogen and oxygen atoms in total. The van der Waals surface area contributed by atoms with Gasteiger partial charge in [-0.25, -0.2) is 0 Å². The first kappa shape index (κ1) is 20.9. The summed E-state index contributed by atoms with van der Waals surface area (Å²) in [4.78, 5) is 25.3. The number of nitrogens with one attached hydrogen (secondary N) is 1. The smallest absolute Gasteiger partial charge is 0.289 e. The third kappa shape index (κ3) is 6.81. The van der Waals surface area contributed by atoms with Crippen molar-refractivity contribution < 1.29 is 14.0 Å². The number of unbranched alkanes of at least 4 members (excludes halogenated alkanes) is 1. The SMILES string of the molecule is CCCCC(CN)NC(=O)CN(C)C(=O)c1ccc(Br)o1.Cl. The Morgan fingerprint density at radius 2 is 2.14 bits per heavy atom. The Balaban J connectivity index is 0.00000441. The number of rotatable bonds is 8. The number of nitrogens with two attached hydrogens (primary N) is 1. The van der Waals surface area contributed by atoms with Crippen LogP contribution < -0.4 is 11.1 Å². The molecule has 2 amide bonds. The van der Waals surface area contributed by atoms with Crippen LogP contribution in [0.1, 0.15) is 36.7 Å². The van der Waals surface area contributed by atoms with Gasteiger partial charge in [-0.1, -0.05) is 19.8 Å². The van der Waals surface area contributed by atoms with Crippen molar-refractivity contribution in [2.24, 2.45) is 5.73 Å². The Morgan fingerprint density at radius 3 is 2.64 bits per heavy atom. The van der Waals surface area contributed by atoms with E-state index in [1.807, 2.05) is 0 Å². The van der Waals surface area contributed by atoms with Gasteiger partial charge >= 0.3 is 0 Å². The average molecular weight is 397 g/mol. The molecule has 1 unspecified atom stereocenters. The van der Waals surface area contributed by atoms with Gasteiger partial charge in [-0.15, -0.1) is 12.4 Å². The van der Waals surface area contributed by atoms with Gasteiger partial charge in [-0.3, -0.25) is 9.59 Å². The highest BCUT2D eigenvalue weighted by atomic mass is 79.9. The van der Waals surface area contributed by atoms with Gasteiger partial charge in [-0.05, 0) is 34.5 Å². The van der Waals surface area contributed by atoms with Gasteiger partial charge in [0, 0.05) is 19.6 Å². The van der Waals surface area contributed by atoms with E-state index >= 15 is 0 Å². The van der Waals surface area contributed by atoms with Gasteiger partial charge in [0.05, 0.1) is 6.54 Å². The Labute approximate surface area is 145 Å². The number of halogens is 2. The Bertz CT molecular complexity index is 482. The molecule has 0 bridgehead atoms. The van der Waals surface area contributed by atoms with Gasteiger partial charge < -0.3 is 20.4 Å². The molecule has 0 aliphatic heterocycles. The summed E-state index contributed by atoms with van der Waals surface area (Å²) in [6, 6.07) is 3.15. The van der Waals surface area contributed by atoms with Crippen molar-refractivity contribution in [1.82, 2.24) is 10.2 Å². The number of nitrogens with zero attached hydrogens (tertiary/aromatic N) is 1. The highest BCUT2D eigenvalue weighted by molar-refractivity contribution is 9.10. The molecule has 22 heavy (non-hydrogen) atoms. The quantitative estimate of drug-likeness (QED) is 0.705. The van der Waals surface area contributed by atoms with Crippen molar-refractivity contribution in [2.45, 2.75) is 32.2 Å². The molecule has 0 saturated carbocycles. The molecule has 1 heterocycles. The monoisotopic (exact) mass is 395 g/mol. The van der Waals surface area contributed by atoms with Crippen LogP contribution >= 0.6 is 28.3 Å². The minimum atomic E-state index is -0.339. The molecule has 0 spiro atoms. The van der Waals surface area contributed by atoms with E-state index in [0.29, 0.717) is 11.2 Å². The van der Waals surface area contributed by atoms with Gasteiger partial charge in [0.2, 0.25) is 5.91 Å². The molecule has 3 N–H and O–H groups in total. The minimum Gasteiger partial charge on any atom is -0.444 e. The summed E-state index contributed by atoms with van der Waals surface area (Å²) in [5.41, 5.74) is 5.63. The normalized spacial score (nSPS) is 11.5. The largest absolute Gasteiger partial charge is 0.444 e. The summed E-state index contributed by atoms with van der Waals surface area (Å²) < 4.78 is 5.66. The summed E-state index contributed by atoms with van der Waals surface area (Å²) in [6.45, 7) is 2.46. The first-order valence-corrected chi connectivity index (χ1v) is 7.77. The molecule has 1 aromatic rings. The summed E-state index contributed by atoms with van der Waals surface area (Å²) >= 11 is 3.14. The van der Waals surface area contributed by atoms with Crippen LogP contribution in [0.5, 0.6) is 0 Å². The number of hydrogen-bond donors (Lipinski definition) is 2. The molecule has 0 radical (unpaired) electrons. The molecule has 1 atom stereocenters. The number of hydrogen-bond acceptors (Lipinski definition) is 4. The van der Waals surface area contributed by atoms with E-state index in [9.17, 15) is 9.59 Å². The van der Waals surface area contributed by atoms with Crippen LogP contribution in [0.4, 0.5) is 0 Å². The maximum atomic E-state index is 12.0. The number of carbonyl (C=O) groups excluding carboxylic acids is 2. The molecule has 1 rings (SSSR count). The second-order valence-electron chi connectivity index (χ2n) is 4.91. The van der Waals surface area contributed by atoms with Gasteiger partial charge in [-0.2, -0.15) is 0 Å². The lowest BCUT2D eigenvalue weighted by atomic mass is 10.1. The summed E-state index contributed by atoms with van der Waals surface area (Å²) in [5.74, 6) is -0.365. The lowest BCUT2D eigenvalue weighted by Gasteiger charge is -2.20. The van der Waals surface area contributed by atoms with E-state index in [-0.39, 0.29) is 42.6 Å². The summed E-state index contributed by atoms with van der Waals surface area (Å²) in [7, 11) is 1.56. The van der Waals surface area contributed by atoms with Gasteiger partial charge in [0.1, 0.15) is 0 Å². The lowest BCUT2D eigenvalue weighted by Crippen LogP contribution is -2.45. The molecule has 0 aliphatic carbocycles. The van der Waals surface area contributed by atoms with E-state index in [2.05, 4.69) is 28.2 Å². The number of carbonyl (C=O) groups is 2. The van der Waals surface area contributed by atoms with Crippen molar-refractivity contribution in [1.29, 1.82) is 0 Å². The lowest BCUT2D eigenvalue weighted by molar-refractivity contribution is -0.122. The van der Waals surface area contributed by atoms with E-state index in [1.54, 1.807) is 19.2 Å². The van der Waals surface area contributed by atoms with E-state index in [0.717, 1.165) is 19.3 Å². The Morgan fingerprint density at radius 1 is 1.45 bits per heavy atom. The van der Waals surface area contributed by atoms with Crippen LogP contribution in [0.25, 0.3) is 0 Å². The Hall–Kier alpha value is -1.05. The molecule has 0 aromatic carbocycles. The predicted octanol–water partition coefficient (Wildman–Crippen LogP) is 2.17. The minimum absolute atomic E-state index is 0. The van der Waals surface area contributed by atoms with Crippen molar-refractivity contribution >= 4 is 40.2 Å². The number of amides is 2. The van der Waals surface area contributed by atoms with Crippen molar-refractivity contribution in [3.05, 3.63) is 22.6 Å². The molecular weight excluding hydrogens is 374 g/mol. The van der Waals surface area contributed by atoms with Gasteiger partial charge in [0.25, 0.3) is 5.91 Å².